The van der Waals surface area contributed by atoms with Crippen molar-refractivity contribution in [2.45, 2.75) is 15.8 Å². The third-order valence-corrected chi connectivity index (χ3v) is 4.74. The Morgan fingerprint density at radius 1 is 1.14 bits per heavy atom. The second-order valence-corrected chi connectivity index (χ2v) is 6.32. The molecule has 0 spiro atoms. The second-order valence-electron chi connectivity index (χ2n) is 4.48. The van der Waals surface area contributed by atoms with Crippen LogP contribution in [-0.2, 0) is 5.75 Å². The van der Waals surface area contributed by atoms with Crippen LogP contribution in [0.5, 0.6) is 0 Å². The normalized spacial score (nSPS) is 10.7. The van der Waals surface area contributed by atoms with E-state index in [4.69, 9.17) is 0 Å². The first-order valence-electron chi connectivity index (χ1n) is 6.56. The standard InChI is InChI=1S/C16H15N3S2/c1-20-14-4-2-3-12(9-14)11-21-16-18-10-15(19-16)13-5-7-17-8-6-13/h2-10H,11H2,1H3,(H,18,19). The van der Waals surface area contributed by atoms with E-state index in [1.807, 2.05) is 18.3 Å². The van der Waals surface area contributed by atoms with Crippen molar-refractivity contribution < 1.29 is 0 Å². The highest BCUT2D eigenvalue weighted by molar-refractivity contribution is 7.98. The maximum atomic E-state index is 4.43. The molecule has 3 rings (SSSR count). The Kier molecular flexibility index (Phi) is 4.62. The van der Waals surface area contributed by atoms with Crippen molar-refractivity contribution in [3.05, 3.63) is 60.6 Å². The van der Waals surface area contributed by atoms with Gasteiger partial charge >= 0.3 is 0 Å². The predicted molar refractivity (Wildman–Crippen MR) is 89.6 cm³/mol. The molecular formula is C16H15N3S2. The van der Waals surface area contributed by atoms with Crippen LogP contribution in [-0.4, -0.2) is 21.2 Å². The van der Waals surface area contributed by atoms with Gasteiger partial charge in [0.1, 0.15) is 0 Å². The highest BCUT2D eigenvalue weighted by Gasteiger charge is 2.04. The molecule has 0 radical (unpaired) electrons. The number of thioether (sulfide) groups is 2. The van der Waals surface area contributed by atoms with E-state index in [-0.39, 0.29) is 0 Å². The number of H-pyrrole nitrogens is 1. The molecule has 0 unspecified atom stereocenters. The molecule has 0 fully saturated rings. The number of benzene rings is 1. The highest BCUT2D eigenvalue weighted by Crippen LogP contribution is 2.25. The van der Waals surface area contributed by atoms with Crippen LogP contribution in [0.1, 0.15) is 5.56 Å². The van der Waals surface area contributed by atoms with Crippen molar-refractivity contribution >= 4 is 23.5 Å². The third kappa shape index (κ3) is 3.68. The fraction of sp³-hybridized carbons (Fsp3) is 0.125. The summed E-state index contributed by atoms with van der Waals surface area (Å²) in [5.74, 6) is 0.914. The molecule has 0 saturated heterocycles. The van der Waals surface area contributed by atoms with Crippen molar-refractivity contribution in [3.8, 4) is 11.3 Å². The largest absolute Gasteiger partial charge is 0.333 e. The molecule has 1 aromatic carbocycles. The minimum Gasteiger partial charge on any atom is -0.333 e. The number of aromatic nitrogens is 3. The quantitative estimate of drug-likeness (QED) is 0.705. The molecule has 0 aliphatic carbocycles. The highest BCUT2D eigenvalue weighted by atomic mass is 32.2. The molecule has 3 nitrogen and oxygen atoms in total. The van der Waals surface area contributed by atoms with Crippen molar-refractivity contribution in [3.63, 3.8) is 0 Å². The van der Waals surface area contributed by atoms with Crippen LogP contribution in [0, 0.1) is 0 Å². The number of rotatable bonds is 5. The molecule has 21 heavy (non-hydrogen) atoms. The van der Waals surface area contributed by atoms with Crippen molar-refractivity contribution in [1.82, 2.24) is 15.0 Å². The first-order valence-corrected chi connectivity index (χ1v) is 8.77. The lowest BCUT2D eigenvalue weighted by Crippen LogP contribution is -1.83. The van der Waals surface area contributed by atoms with E-state index in [1.165, 1.54) is 10.5 Å². The summed E-state index contributed by atoms with van der Waals surface area (Å²) in [6, 6.07) is 12.6. The molecule has 0 saturated carbocycles. The molecule has 1 N–H and O–H groups in total. The number of aromatic amines is 1. The lowest BCUT2D eigenvalue weighted by atomic mass is 10.2. The number of imidazole rings is 1. The summed E-state index contributed by atoms with van der Waals surface area (Å²) in [7, 11) is 0. The van der Waals surface area contributed by atoms with E-state index < -0.39 is 0 Å². The lowest BCUT2D eigenvalue weighted by molar-refractivity contribution is 1.06. The third-order valence-electron chi connectivity index (χ3n) is 3.05. The van der Waals surface area contributed by atoms with E-state index in [9.17, 15) is 0 Å². The Morgan fingerprint density at radius 3 is 2.81 bits per heavy atom. The zero-order chi connectivity index (χ0) is 14.5. The molecule has 5 heteroatoms. The van der Waals surface area contributed by atoms with Gasteiger partial charge in [-0.1, -0.05) is 23.9 Å². The Bertz CT molecular complexity index is 710. The topological polar surface area (TPSA) is 41.6 Å². The Labute approximate surface area is 132 Å². The van der Waals surface area contributed by atoms with Gasteiger partial charge in [0, 0.05) is 28.6 Å². The van der Waals surface area contributed by atoms with Crippen LogP contribution < -0.4 is 0 Å². The van der Waals surface area contributed by atoms with Crippen LogP contribution >= 0.6 is 23.5 Å². The van der Waals surface area contributed by atoms with Crippen LogP contribution in [0.15, 0.2) is 65.0 Å². The number of hydrogen-bond acceptors (Lipinski definition) is 4. The van der Waals surface area contributed by atoms with Crippen molar-refractivity contribution in [2.75, 3.05) is 6.26 Å². The van der Waals surface area contributed by atoms with E-state index in [0.717, 1.165) is 22.2 Å². The number of nitrogens with zero attached hydrogens (tertiary/aromatic N) is 2. The van der Waals surface area contributed by atoms with E-state index in [2.05, 4.69) is 45.5 Å². The van der Waals surface area contributed by atoms with Gasteiger partial charge in [-0.15, -0.1) is 11.8 Å². The van der Waals surface area contributed by atoms with E-state index in [0.29, 0.717) is 0 Å². The minimum atomic E-state index is 0.914. The summed E-state index contributed by atoms with van der Waals surface area (Å²) in [4.78, 5) is 13.1. The van der Waals surface area contributed by atoms with Gasteiger partial charge in [-0.25, -0.2) is 4.98 Å². The van der Waals surface area contributed by atoms with Gasteiger partial charge in [0.15, 0.2) is 5.16 Å². The molecule has 0 bridgehead atoms. The molecule has 0 amide bonds. The van der Waals surface area contributed by atoms with Crippen molar-refractivity contribution in [2.24, 2.45) is 0 Å². The van der Waals surface area contributed by atoms with Crippen LogP contribution in [0.4, 0.5) is 0 Å². The fourth-order valence-corrected chi connectivity index (χ4v) is 3.24. The lowest BCUT2D eigenvalue weighted by Gasteiger charge is -2.02. The minimum absolute atomic E-state index is 0.914. The molecule has 3 aromatic rings. The maximum Gasteiger partial charge on any atom is 0.166 e. The van der Waals surface area contributed by atoms with Gasteiger partial charge in [0.05, 0.1) is 11.9 Å². The average Bonchev–Trinajstić information content (AvgIpc) is 3.03. The van der Waals surface area contributed by atoms with Gasteiger partial charge in [-0.3, -0.25) is 4.98 Å². The number of pyridine rings is 1. The summed E-state index contributed by atoms with van der Waals surface area (Å²) in [6.45, 7) is 0. The molecule has 106 valence electrons. The molecule has 2 aromatic heterocycles. The molecule has 0 atom stereocenters. The van der Waals surface area contributed by atoms with Gasteiger partial charge in [0.25, 0.3) is 0 Å². The van der Waals surface area contributed by atoms with E-state index >= 15 is 0 Å². The molecule has 0 aliphatic heterocycles. The summed E-state index contributed by atoms with van der Waals surface area (Å²) in [5, 5.41) is 0.941. The summed E-state index contributed by atoms with van der Waals surface area (Å²) in [5.41, 5.74) is 3.44. The smallest absolute Gasteiger partial charge is 0.166 e. The first kappa shape index (κ1) is 14.2. The van der Waals surface area contributed by atoms with Crippen LogP contribution in [0.25, 0.3) is 11.3 Å². The Morgan fingerprint density at radius 2 is 2.00 bits per heavy atom. The summed E-state index contributed by atoms with van der Waals surface area (Å²) < 4.78 is 0. The van der Waals surface area contributed by atoms with Crippen molar-refractivity contribution in [1.29, 1.82) is 0 Å². The molecule has 0 aliphatic rings. The molecule has 2 heterocycles. The monoisotopic (exact) mass is 313 g/mol. The Hall–Kier alpha value is -1.72. The zero-order valence-electron chi connectivity index (χ0n) is 11.6. The second kappa shape index (κ2) is 6.83. The SMILES string of the molecule is CSc1cccc(CSc2ncc(-c3ccncc3)[nH]2)c1. The van der Waals surface area contributed by atoms with Crippen LogP contribution in [0.2, 0.25) is 0 Å². The van der Waals surface area contributed by atoms with Gasteiger partial charge in [-0.05, 0) is 36.1 Å². The fourth-order valence-electron chi connectivity index (χ4n) is 1.97. The predicted octanol–water partition coefficient (Wildman–Crippen LogP) is 4.49. The average molecular weight is 313 g/mol. The molecular weight excluding hydrogens is 298 g/mol. The number of nitrogens with one attached hydrogen (secondary N) is 1. The first-order chi connectivity index (χ1) is 10.3. The summed E-state index contributed by atoms with van der Waals surface area (Å²) >= 11 is 3.48. The van der Waals surface area contributed by atoms with Gasteiger partial charge in [0.2, 0.25) is 0 Å². The maximum absolute atomic E-state index is 4.43. The van der Waals surface area contributed by atoms with Crippen LogP contribution in [0.3, 0.4) is 0 Å². The van der Waals surface area contributed by atoms with Gasteiger partial charge in [-0.2, -0.15) is 0 Å². The number of hydrogen-bond donors (Lipinski definition) is 1. The Balaban J connectivity index is 1.67. The zero-order valence-corrected chi connectivity index (χ0v) is 13.2. The van der Waals surface area contributed by atoms with Gasteiger partial charge < -0.3 is 4.98 Å². The summed E-state index contributed by atoms with van der Waals surface area (Å²) in [6.07, 6.45) is 7.55. The van der Waals surface area contributed by atoms with E-state index in [1.54, 1.807) is 35.9 Å².